The molecular formula is C15H20N2O2. The first-order valence-electron chi connectivity index (χ1n) is 6.38. The predicted octanol–water partition coefficient (Wildman–Crippen LogP) is 3.19. The van der Waals surface area contributed by atoms with Gasteiger partial charge in [0, 0.05) is 18.3 Å². The molecule has 1 aromatic carbocycles. The van der Waals surface area contributed by atoms with Crippen LogP contribution in [0, 0.1) is 6.92 Å². The Hall–Kier alpha value is -1.97. The molecule has 2 aromatic rings. The van der Waals surface area contributed by atoms with Crippen LogP contribution in [0.4, 0.5) is 0 Å². The van der Waals surface area contributed by atoms with Crippen molar-refractivity contribution in [2.75, 3.05) is 7.11 Å². The number of aryl methyl sites for hydroxylation is 1. The second-order valence-electron chi connectivity index (χ2n) is 4.76. The van der Waals surface area contributed by atoms with Gasteiger partial charge >= 0.3 is 0 Å². The predicted molar refractivity (Wildman–Crippen MR) is 75.7 cm³/mol. The van der Waals surface area contributed by atoms with E-state index >= 15 is 0 Å². The summed E-state index contributed by atoms with van der Waals surface area (Å²) >= 11 is 0. The quantitative estimate of drug-likeness (QED) is 0.847. The van der Waals surface area contributed by atoms with E-state index in [2.05, 4.69) is 5.10 Å². The molecule has 0 aliphatic carbocycles. The van der Waals surface area contributed by atoms with Gasteiger partial charge in [-0.25, -0.2) is 0 Å². The molecule has 0 unspecified atom stereocenters. The highest BCUT2D eigenvalue weighted by atomic mass is 16.5. The summed E-state index contributed by atoms with van der Waals surface area (Å²) in [4.78, 5) is 0. The second kappa shape index (κ2) is 5.34. The summed E-state index contributed by atoms with van der Waals surface area (Å²) in [5, 5.41) is 4.44. The van der Waals surface area contributed by atoms with Crippen molar-refractivity contribution in [2.24, 2.45) is 7.05 Å². The third-order valence-electron chi connectivity index (χ3n) is 3.03. The van der Waals surface area contributed by atoms with Crippen molar-refractivity contribution >= 4 is 0 Å². The molecule has 19 heavy (non-hydrogen) atoms. The molecule has 0 aliphatic rings. The molecule has 0 saturated carbocycles. The summed E-state index contributed by atoms with van der Waals surface area (Å²) in [6, 6.07) is 7.91. The second-order valence-corrected chi connectivity index (χ2v) is 4.76. The lowest BCUT2D eigenvalue weighted by Gasteiger charge is -2.11. The molecule has 1 heterocycles. The van der Waals surface area contributed by atoms with Crippen LogP contribution in [0.1, 0.15) is 19.5 Å². The van der Waals surface area contributed by atoms with Crippen molar-refractivity contribution in [2.45, 2.75) is 26.9 Å². The SMILES string of the molecule is COc1ccccc1-c1c(OC(C)C)nn(C)c1C. The molecule has 102 valence electrons. The van der Waals surface area contributed by atoms with Crippen molar-refractivity contribution in [3.8, 4) is 22.8 Å². The van der Waals surface area contributed by atoms with E-state index in [4.69, 9.17) is 9.47 Å². The average molecular weight is 260 g/mol. The lowest BCUT2D eigenvalue weighted by molar-refractivity contribution is 0.231. The Morgan fingerprint density at radius 2 is 1.89 bits per heavy atom. The van der Waals surface area contributed by atoms with Crippen molar-refractivity contribution in [1.29, 1.82) is 0 Å². The van der Waals surface area contributed by atoms with Gasteiger partial charge in [-0.2, -0.15) is 0 Å². The highest BCUT2D eigenvalue weighted by Gasteiger charge is 2.19. The smallest absolute Gasteiger partial charge is 0.241 e. The van der Waals surface area contributed by atoms with E-state index in [1.807, 2.05) is 56.8 Å². The Kier molecular flexibility index (Phi) is 3.79. The standard InChI is InChI=1S/C15H20N2O2/c1-10(2)19-15-14(11(3)17(4)16-15)12-8-6-7-9-13(12)18-5/h6-10H,1-5H3. The Labute approximate surface area is 114 Å². The van der Waals surface area contributed by atoms with Gasteiger partial charge in [0.1, 0.15) is 5.75 Å². The monoisotopic (exact) mass is 260 g/mol. The van der Waals surface area contributed by atoms with E-state index in [0.717, 1.165) is 22.6 Å². The maximum Gasteiger partial charge on any atom is 0.241 e. The molecule has 0 saturated heterocycles. The minimum atomic E-state index is 0.0859. The van der Waals surface area contributed by atoms with Crippen molar-refractivity contribution < 1.29 is 9.47 Å². The number of para-hydroxylation sites is 1. The number of rotatable bonds is 4. The molecule has 0 atom stereocenters. The number of benzene rings is 1. The van der Waals surface area contributed by atoms with Crippen molar-refractivity contribution in [3.05, 3.63) is 30.0 Å². The first kappa shape index (κ1) is 13.5. The third kappa shape index (κ3) is 2.57. The fourth-order valence-corrected chi connectivity index (χ4v) is 2.04. The Balaban J connectivity index is 2.60. The molecule has 4 heteroatoms. The number of hydrogen-bond donors (Lipinski definition) is 0. The van der Waals surface area contributed by atoms with Gasteiger partial charge in [0.15, 0.2) is 0 Å². The average Bonchev–Trinajstić information content (AvgIpc) is 2.64. The van der Waals surface area contributed by atoms with Gasteiger partial charge < -0.3 is 9.47 Å². The molecule has 0 bridgehead atoms. The Morgan fingerprint density at radius 3 is 2.53 bits per heavy atom. The van der Waals surface area contributed by atoms with E-state index in [9.17, 15) is 0 Å². The number of nitrogens with zero attached hydrogens (tertiary/aromatic N) is 2. The van der Waals surface area contributed by atoms with E-state index in [0.29, 0.717) is 5.88 Å². The van der Waals surface area contributed by atoms with E-state index < -0.39 is 0 Å². The van der Waals surface area contributed by atoms with Gasteiger partial charge in [-0.15, -0.1) is 5.10 Å². The lowest BCUT2D eigenvalue weighted by Crippen LogP contribution is -2.07. The van der Waals surface area contributed by atoms with Crippen molar-refractivity contribution in [3.63, 3.8) is 0 Å². The number of ether oxygens (including phenoxy) is 2. The Bertz CT molecular complexity index is 574. The molecule has 0 N–H and O–H groups in total. The molecule has 0 radical (unpaired) electrons. The molecule has 0 spiro atoms. The van der Waals surface area contributed by atoms with Crippen LogP contribution in [0.3, 0.4) is 0 Å². The van der Waals surface area contributed by atoms with E-state index in [1.165, 1.54) is 0 Å². The van der Waals surface area contributed by atoms with Crippen LogP contribution in [0.2, 0.25) is 0 Å². The summed E-state index contributed by atoms with van der Waals surface area (Å²) < 4.78 is 13.1. The minimum absolute atomic E-state index is 0.0859. The number of methoxy groups -OCH3 is 1. The molecule has 0 amide bonds. The summed E-state index contributed by atoms with van der Waals surface area (Å²) in [6.45, 7) is 6.02. The highest BCUT2D eigenvalue weighted by molar-refractivity contribution is 5.76. The van der Waals surface area contributed by atoms with Gasteiger partial charge in [0.25, 0.3) is 0 Å². The van der Waals surface area contributed by atoms with Crippen LogP contribution in [-0.4, -0.2) is 23.0 Å². The lowest BCUT2D eigenvalue weighted by atomic mass is 10.1. The number of hydrogen-bond acceptors (Lipinski definition) is 3. The zero-order chi connectivity index (χ0) is 14.0. The topological polar surface area (TPSA) is 36.3 Å². The van der Waals surface area contributed by atoms with Crippen LogP contribution in [0.5, 0.6) is 11.6 Å². The molecule has 4 nitrogen and oxygen atoms in total. The molecular weight excluding hydrogens is 240 g/mol. The van der Waals surface area contributed by atoms with E-state index in [1.54, 1.807) is 7.11 Å². The largest absolute Gasteiger partial charge is 0.496 e. The fraction of sp³-hybridized carbons (Fsp3) is 0.400. The molecule has 0 aliphatic heterocycles. The normalized spacial score (nSPS) is 10.8. The minimum Gasteiger partial charge on any atom is -0.496 e. The Morgan fingerprint density at radius 1 is 1.21 bits per heavy atom. The molecule has 0 fully saturated rings. The third-order valence-corrected chi connectivity index (χ3v) is 3.03. The number of aromatic nitrogens is 2. The molecule has 2 rings (SSSR count). The van der Waals surface area contributed by atoms with Crippen LogP contribution in [0.15, 0.2) is 24.3 Å². The summed E-state index contributed by atoms with van der Waals surface area (Å²) in [5.41, 5.74) is 3.06. The van der Waals surface area contributed by atoms with Gasteiger partial charge in [-0.05, 0) is 26.8 Å². The van der Waals surface area contributed by atoms with E-state index in [-0.39, 0.29) is 6.10 Å². The highest BCUT2D eigenvalue weighted by Crippen LogP contribution is 2.38. The van der Waals surface area contributed by atoms with Crippen LogP contribution >= 0.6 is 0 Å². The van der Waals surface area contributed by atoms with Gasteiger partial charge in [0.05, 0.1) is 18.8 Å². The van der Waals surface area contributed by atoms with Gasteiger partial charge in [0.2, 0.25) is 5.88 Å². The van der Waals surface area contributed by atoms with Gasteiger partial charge in [-0.1, -0.05) is 18.2 Å². The summed E-state index contributed by atoms with van der Waals surface area (Å²) in [5.74, 6) is 1.48. The maximum absolute atomic E-state index is 5.81. The zero-order valence-corrected chi connectivity index (χ0v) is 12.1. The van der Waals surface area contributed by atoms with Crippen molar-refractivity contribution in [1.82, 2.24) is 9.78 Å². The maximum atomic E-state index is 5.81. The fourth-order valence-electron chi connectivity index (χ4n) is 2.04. The van der Waals surface area contributed by atoms with Crippen LogP contribution in [0.25, 0.3) is 11.1 Å². The summed E-state index contributed by atoms with van der Waals surface area (Å²) in [7, 11) is 3.59. The molecule has 1 aromatic heterocycles. The van der Waals surface area contributed by atoms with Crippen LogP contribution < -0.4 is 9.47 Å². The van der Waals surface area contributed by atoms with Crippen LogP contribution in [-0.2, 0) is 7.05 Å². The first-order valence-corrected chi connectivity index (χ1v) is 6.38. The first-order chi connectivity index (χ1) is 9.04. The summed E-state index contributed by atoms with van der Waals surface area (Å²) in [6.07, 6.45) is 0.0859. The zero-order valence-electron chi connectivity index (χ0n) is 12.1. The van der Waals surface area contributed by atoms with Gasteiger partial charge in [-0.3, -0.25) is 4.68 Å².